The van der Waals surface area contributed by atoms with Crippen molar-refractivity contribution in [2.75, 3.05) is 6.61 Å². The molecule has 8 heteroatoms. The van der Waals surface area contributed by atoms with E-state index in [0.29, 0.717) is 11.1 Å². The molecule has 0 spiro atoms. The number of fused-ring (bicyclic) bond motifs is 5. The van der Waals surface area contributed by atoms with Gasteiger partial charge in [0.25, 0.3) is 0 Å². The second kappa shape index (κ2) is 7.09. The number of carbonyl (C=O) groups is 2. The highest BCUT2D eigenvalue weighted by atomic mass is 16.6. The third-order valence-electron chi connectivity index (χ3n) is 9.39. The molecule has 1 heterocycles. The molecule has 3 aliphatic carbocycles. The molecule has 32 heavy (non-hydrogen) atoms. The zero-order chi connectivity index (χ0) is 24.0. The third kappa shape index (κ3) is 2.67. The predicted octanol–water partition coefficient (Wildman–Crippen LogP) is 0.882. The fourth-order valence-electron chi connectivity index (χ4n) is 7.29. The number of hydrogen-bond acceptors (Lipinski definition) is 8. The van der Waals surface area contributed by atoms with Crippen LogP contribution in [0, 0.1) is 22.7 Å². The second-order valence-electron chi connectivity index (χ2n) is 11.0. The van der Waals surface area contributed by atoms with Crippen LogP contribution in [0.5, 0.6) is 0 Å². The van der Waals surface area contributed by atoms with Crippen LogP contribution in [0.2, 0.25) is 0 Å². The van der Waals surface area contributed by atoms with Crippen LogP contribution in [0.25, 0.3) is 0 Å². The number of esters is 1. The summed E-state index contributed by atoms with van der Waals surface area (Å²) < 4.78 is 11.2. The number of aliphatic hydroxyl groups excluding tert-OH is 2. The molecule has 0 aromatic heterocycles. The topological polar surface area (TPSA) is 134 Å². The first-order valence-corrected chi connectivity index (χ1v) is 11.5. The van der Waals surface area contributed by atoms with Gasteiger partial charge in [0.05, 0.1) is 35.9 Å². The Morgan fingerprint density at radius 3 is 2.38 bits per heavy atom. The molecule has 4 aliphatic rings. The highest BCUT2D eigenvalue weighted by Crippen LogP contribution is 2.64. The van der Waals surface area contributed by atoms with Gasteiger partial charge in [-0.3, -0.25) is 9.59 Å². The molecule has 8 nitrogen and oxygen atoms in total. The van der Waals surface area contributed by atoms with Crippen LogP contribution < -0.4 is 0 Å². The number of rotatable bonds is 2. The van der Waals surface area contributed by atoms with Crippen LogP contribution in [0.15, 0.2) is 11.1 Å². The van der Waals surface area contributed by atoms with E-state index in [-0.39, 0.29) is 25.9 Å². The number of Topliss-reactive ketones (excluding diaryl/α,β-unsaturated/α-hetero) is 1. The van der Waals surface area contributed by atoms with Crippen molar-refractivity contribution in [1.29, 1.82) is 0 Å². The molecular weight excluding hydrogens is 416 g/mol. The molecule has 8 unspecified atom stereocenters. The first-order valence-electron chi connectivity index (χ1n) is 11.5. The molecule has 0 radical (unpaired) electrons. The summed E-state index contributed by atoms with van der Waals surface area (Å²) in [6.07, 6.45) is -4.12. The minimum Gasteiger partial charge on any atom is -0.450 e. The van der Waals surface area contributed by atoms with E-state index in [2.05, 4.69) is 0 Å². The summed E-state index contributed by atoms with van der Waals surface area (Å²) in [5, 5.41) is 46.0. The number of ketones is 1. The molecule has 2 saturated carbocycles. The van der Waals surface area contributed by atoms with Crippen molar-refractivity contribution in [3.8, 4) is 0 Å². The van der Waals surface area contributed by atoms with Gasteiger partial charge in [0.1, 0.15) is 5.60 Å². The number of carbonyl (C=O) groups excluding carboxylic acids is 2. The lowest BCUT2D eigenvalue weighted by atomic mass is 9.43. The van der Waals surface area contributed by atoms with Gasteiger partial charge in [-0.05, 0) is 30.9 Å². The van der Waals surface area contributed by atoms with Crippen LogP contribution in [0.3, 0.4) is 0 Å². The Labute approximate surface area is 188 Å². The molecule has 2 bridgehead atoms. The minimum atomic E-state index is -1.54. The molecule has 1 aliphatic heterocycles. The third-order valence-corrected chi connectivity index (χ3v) is 9.39. The summed E-state index contributed by atoms with van der Waals surface area (Å²) in [6, 6.07) is 0. The summed E-state index contributed by atoms with van der Waals surface area (Å²) in [7, 11) is 0. The van der Waals surface area contributed by atoms with Gasteiger partial charge in [-0.1, -0.05) is 27.7 Å². The van der Waals surface area contributed by atoms with Crippen LogP contribution in [-0.2, 0) is 19.1 Å². The van der Waals surface area contributed by atoms with E-state index < -0.39 is 70.0 Å². The molecule has 4 rings (SSSR count). The highest BCUT2D eigenvalue weighted by molar-refractivity contribution is 5.95. The van der Waals surface area contributed by atoms with Crippen LogP contribution in [0.1, 0.15) is 60.8 Å². The average molecular weight is 453 g/mol. The van der Waals surface area contributed by atoms with Gasteiger partial charge in [-0.15, -0.1) is 0 Å². The first-order chi connectivity index (χ1) is 14.7. The van der Waals surface area contributed by atoms with Crippen molar-refractivity contribution in [2.24, 2.45) is 22.7 Å². The lowest BCUT2D eigenvalue weighted by Gasteiger charge is -2.67. The number of ether oxygens (including phenoxy) is 2. The van der Waals surface area contributed by atoms with E-state index in [1.165, 1.54) is 0 Å². The zero-order valence-electron chi connectivity index (χ0n) is 19.7. The van der Waals surface area contributed by atoms with Crippen LogP contribution in [-0.4, -0.2) is 74.4 Å². The first kappa shape index (κ1) is 23.8. The molecule has 0 aromatic carbocycles. The normalized spacial score (nSPS) is 49.9. The van der Waals surface area contributed by atoms with E-state index in [9.17, 15) is 30.0 Å². The van der Waals surface area contributed by atoms with Crippen molar-refractivity contribution in [3.63, 3.8) is 0 Å². The van der Waals surface area contributed by atoms with Gasteiger partial charge in [-0.25, -0.2) is 0 Å². The van der Waals surface area contributed by atoms with Crippen LogP contribution in [0.4, 0.5) is 0 Å². The zero-order valence-corrected chi connectivity index (χ0v) is 19.7. The van der Waals surface area contributed by atoms with E-state index in [0.717, 1.165) is 0 Å². The SMILES string of the molecule is CCC(=O)OC1C(=O)C2(C)C(O)CC3OC[C@@]3(O)C2C(C)C2(O)CC(O)C(C)=C1C2(C)C. The maximum absolute atomic E-state index is 14.2. The second-order valence-corrected chi connectivity index (χ2v) is 11.0. The molecule has 9 atom stereocenters. The summed E-state index contributed by atoms with van der Waals surface area (Å²) in [4.78, 5) is 26.6. The smallest absolute Gasteiger partial charge is 0.306 e. The van der Waals surface area contributed by atoms with Gasteiger partial charge < -0.3 is 29.9 Å². The summed E-state index contributed by atoms with van der Waals surface area (Å²) >= 11 is 0. The van der Waals surface area contributed by atoms with Crippen molar-refractivity contribution >= 4 is 11.8 Å². The van der Waals surface area contributed by atoms with E-state index in [1.54, 1.807) is 41.5 Å². The summed E-state index contributed by atoms with van der Waals surface area (Å²) in [5.41, 5.74) is -4.64. The predicted molar refractivity (Wildman–Crippen MR) is 113 cm³/mol. The Kier molecular flexibility index (Phi) is 5.28. The Balaban J connectivity index is 2.02. The molecule has 1 saturated heterocycles. The number of hydrogen-bond donors (Lipinski definition) is 4. The molecule has 180 valence electrons. The molecule has 0 amide bonds. The van der Waals surface area contributed by atoms with Crippen molar-refractivity contribution < 1.29 is 39.5 Å². The van der Waals surface area contributed by atoms with Crippen molar-refractivity contribution in [3.05, 3.63) is 11.1 Å². The number of aliphatic hydroxyl groups is 4. The lowest BCUT2D eigenvalue weighted by Crippen LogP contribution is -2.79. The van der Waals surface area contributed by atoms with Gasteiger partial charge in [0, 0.05) is 30.6 Å². The minimum absolute atomic E-state index is 0.00339. The Morgan fingerprint density at radius 1 is 1.22 bits per heavy atom. The maximum atomic E-state index is 14.2. The standard InChI is InChI=1S/C24H36O8/c1-7-16(27)32-18-17-11(2)13(25)9-24(30,21(17,4)5)12(3)19-22(6,20(18)28)14(26)8-15-23(19,29)10-31-15/h12-15,18-19,25-26,29-30H,7-10H2,1-6H3/t12?,13?,14?,15?,18?,19?,22?,23-,24?/m0/s1. The van der Waals surface area contributed by atoms with Crippen molar-refractivity contribution in [2.45, 2.75) is 96.4 Å². The van der Waals surface area contributed by atoms with E-state index in [4.69, 9.17) is 9.47 Å². The Bertz CT molecular complexity index is 879. The van der Waals surface area contributed by atoms with Gasteiger partial charge in [0.2, 0.25) is 0 Å². The van der Waals surface area contributed by atoms with Crippen LogP contribution >= 0.6 is 0 Å². The molecule has 4 N–H and O–H groups in total. The highest BCUT2D eigenvalue weighted by Gasteiger charge is 2.74. The summed E-state index contributed by atoms with van der Waals surface area (Å²) in [5.74, 6) is -2.66. The quantitative estimate of drug-likeness (QED) is 0.358. The van der Waals surface area contributed by atoms with Gasteiger partial charge in [-0.2, -0.15) is 0 Å². The molecule has 3 fully saturated rings. The fraction of sp³-hybridized carbons (Fsp3) is 0.833. The van der Waals surface area contributed by atoms with Gasteiger partial charge in [0.15, 0.2) is 11.9 Å². The monoisotopic (exact) mass is 452 g/mol. The largest absolute Gasteiger partial charge is 0.450 e. The van der Waals surface area contributed by atoms with Crippen molar-refractivity contribution in [1.82, 2.24) is 0 Å². The summed E-state index contributed by atoms with van der Waals surface area (Å²) in [6.45, 7) is 10.2. The Hall–Kier alpha value is -1.32. The Morgan fingerprint density at radius 2 is 1.84 bits per heavy atom. The average Bonchev–Trinajstić information content (AvgIpc) is 2.71. The molecular formula is C24H36O8. The lowest BCUT2D eigenvalue weighted by molar-refractivity contribution is -0.335. The van der Waals surface area contributed by atoms with E-state index >= 15 is 0 Å². The van der Waals surface area contributed by atoms with Gasteiger partial charge >= 0.3 is 5.97 Å². The fourth-order valence-corrected chi connectivity index (χ4v) is 7.29. The molecule has 0 aromatic rings. The van der Waals surface area contributed by atoms with E-state index in [1.807, 2.05) is 0 Å². The maximum Gasteiger partial charge on any atom is 0.306 e.